The molecule has 0 radical (unpaired) electrons. The van der Waals surface area contributed by atoms with E-state index >= 15 is 28.8 Å². The molecule has 19 atom stereocenters. The molecule has 5 rings (SSSR count). The Morgan fingerprint density at radius 2 is 1.23 bits per heavy atom. The average Bonchev–Trinajstić information content (AvgIpc) is 1.61. The molecule has 1 aliphatic carbocycles. The number of hydrogen-bond acceptors (Lipinski definition) is 21. The molecule has 5 aliphatic rings. The molecule has 5 fully saturated rings. The first-order valence-corrected chi connectivity index (χ1v) is 39.9. The lowest BCUT2D eigenvalue weighted by atomic mass is 9.84. The number of nitrogens with one attached hydrogen (secondary N) is 10. The van der Waals surface area contributed by atoms with Crippen molar-refractivity contribution in [3.05, 3.63) is 0 Å². The molecule has 108 heavy (non-hydrogen) atoms. The van der Waals surface area contributed by atoms with E-state index in [4.69, 9.17) is 17.2 Å². The van der Waals surface area contributed by atoms with Crippen LogP contribution in [0.2, 0.25) is 0 Å². The SMILES string of the molecule is CCC(C)[C@H](NC(=O)[C@H](C)N)C(=O)N[C@H]1CSSC(C)(C)[C@@H](C(=O)N[C@H](C(=O)N2CCC[C@H]2C(=O)N[C@@H](CC(=O)O)C(=O)O)C(C)CC)NC(=O)[C@H]([C@@H](C)CC)NC(=O)[C@@H]2C[C@@H]3CCCC[C@@H]3N2C(=O)[C@H]2CCCN2C(=O)[C@H](CC(C)C)NC(=O)[C@H](CO)NC(=O)[C@H](CCCN=C(N)N)NC(=O)[C@H](CO)NC1=O. The van der Waals surface area contributed by atoms with Gasteiger partial charge in [-0.2, -0.15) is 0 Å². The van der Waals surface area contributed by atoms with E-state index in [0.717, 1.165) is 28.0 Å². The summed E-state index contributed by atoms with van der Waals surface area (Å²) in [4.78, 5) is 224. The van der Waals surface area contributed by atoms with E-state index in [9.17, 15) is 63.6 Å². The van der Waals surface area contributed by atoms with Crippen LogP contribution in [-0.4, -0.2) is 264 Å². The number of aliphatic hydroxyl groups excluding tert-OH is 2. The predicted octanol–water partition coefficient (Wildman–Crippen LogP) is -2.72. The first-order valence-electron chi connectivity index (χ1n) is 37.6. The Morgan fingerprint density at radius 1 is 0.639 bits per heavy atom. The van der Waals surface area contributed by atoms with Crippen LogP contribution in [0.3, 0.4) is 0 Å². The second kappa shape index (κ2) is 42.2. The molecule has 0 aromatic rings. The molecule has 4 heterocycles. The maximum atomic E-state index is 15.7. The van der Waals surface area contributed by atoms with Gasteiger partial charge in [-0.3, -0.25) is 72.1 Å². The fraction of sp³-hybridized carbons (Fsp3) is 0.771. The second-order valence-electron chi connectivity index (χ2n) is 30.1. The largest absolute Gasteiger partial charge is 0.481 e. The van der Waals surface area contributed by atoms with E-state index in [1.54, 1.807) is 55.4 Å². The summed E-state index contributed by atoms with van der Waals surface area (Å²) in [5, 5.41) is 67.0. The van der Waals surface area contributed by atoms with Gasteiger partial charge in [0.1, 0.15) is 78.5 Å². The van der Waals surface area contributed by atoms with Crippen molar-refractivity contribution < 1.29 is 92.3 Å². The molecule has 2 unspecified atom stereocenters. The monoisotopic (exact) mass is 1560 g/mol. The van der Waals surface area contributed by atoms with E-state index in [0.29, 0.717) is 32.1 Å². The molecule has 20 N–H and O–H groups in total. The van der Waals surface area contributed by atoms with E-state index in [1.807, 2.05) is 0 Å². The molecule has 4 aliphatic heterocycles. The van der Waals surface area contributed by atoms with Crippen LogP contribution in [0.25, 0.3) is 0 Å². The maximum Gasteiger partial charge on any atom is 0.326 e. The molecular formula is C70H117N17O19S2. The van der Waals surface area contributed by atoms with Gasteiger partial charge < -0.3 is 105 Å². The molecule has 0 aromatic heterocycles. The van der Waals surface area contributed by atoms with Crippen LogP contribution in [0.15, 0.2) is 4.99 Å². The number of guanidine groups is 1. The van der Waals surface area contributed by atoms with Crippen LogP contribution < -0.4 is 70.4 Å². The number of fused-ring (bicyclic) bond motifs is 4. The van der Waals surface area contributed by atoms with Crippen LogP contribution in [0.1, 0.15) is 179 Å². The third kappa shape index (κ3) is 24.7. The Labute approximate surface area is 638 Å². The lowest BCUT2D eigenvalue weighted by molar-refractivity contribution is -0.150. The molecule has 0 aromatic carbocycles. The number of likely N-dealkylation sites (tertiary alicyclic amines) is 1. The van der Waals surface area contributed by atoms with Crippen molar-refractivity contribution in [3.8, 4) is 0 Å². The zero-order valence-corrected chi connectivity index (χ0v) is 65.5. The van der Waals surface area contributed by atoms with Crippen molar-refractivity contribution in [2.45, 2.75) is 274 Å². The summed E-state index contributed by atoms with van der Waals surface area (Å²) < 4.78 is -1.59. The number of carbonyl (C=O) groups excluding carboxylic acids is 13. The minimum Gasteiger partial charge on any atom is -0.481 e. The molecular weight excluding hydrogens is 1450 g/mol. The number of hydrogen-bond donors (Lipinski definition) is 17. The summed E-state index contributed by atoms with van der Waals surface area (Å²) in [5.41, 5.74) is 17.1. The van der Waals surface area contributed by atoms with E-state index in [1.165, 1.54) is 35.5 Å². The van der Waals surface area contributed by atoms with Crippen LogP contribution in [0.4, 0.5) is 0 Å². The highest BCUT2D eigenvalue weighted by Crippen LogP contribution is 2.42. The minimum atomic E-state index is -1.91. The number of aliphatic hydroxyl groups is 2. The summed E-state index contributed by atoms with van der Waals surface area (Å²) >= 11 is 0. The van der Waals surface area contributed by atoms with Gasteiger partial charge >= 0.3 is 11.9 Å². The molecule has 0 spiro atoms. The molecule has 608 valence electrons. The standard InChI is InChI=1S/C70H117N17O19S2/c1-12-35(6)51(81-55(92)38(9)71)62(99)80-45-33-107-108-70(10,11)54(64(101)83-53(37(8)14-3)67(104)85-26-18-23-47(85)60(97)77-42(68(105)106)30-50(90)91)84-63(100)52(36(7)13-2)82-61(98)49-29-39-20-15-16-22-46(39)87(49)66(103)48-24-19-27-86(48)65(102)41(28-34(4)5)76-58(95)44(32-89)78-56(93)40(21-17-25-74-69(72)73)75-57(94)43(31-88)79-59(45)96/h34-49,51-54,88-89H,12-33,71H2,1-11H3,(H,75,94)(H,76,95)(H,77,97)(H,78,93)(H,79,96)(H,80,99)(H,81,92)(H,82,98)(H,83,101)(H,84,100)(H,90,91)(H,105,106)(H4,72,73,74)/t35?,36-,37?,38-,39-,40-,41-,42-,43-,44-,45-,46-,47-,48+,49-,51-,52-,53-,54+/m0/s1. The first kappa shape index (κ1) is 90.5. The van der Waals surface area contributed by atoms with Crippen molar-refractivity contribution in [3.63, 3.8) is 0 Å². The Bertz CT molecular complexity index is 3260. The number of nitrogens with two attached hydrogens (primary N) is 3. The van der Waals surface area contributed by atoms with Crippen molar-refractivity contribution in [2.75, 3.05) is 38.6 Å². The van der Waals surface area contributed by atoms with Crippen molar-refractivity contribution in [1.29, 1.82) is 0 Å². The van der Waals surface area contributed by atoms with Crippen LogP contribution in [0, 0.1) is 29.6 Å². The van der Waals surface area contributed by atoms with E-state index in [2.05, 4.69) is 58.2 Å². The Balaban J connectivity index is 1.70. The van der Waals surface area contributed by atoms with Crippen LogP contribution in [0.5, 0.6) is 0 Å². The van der Waals surface area contributed by atoms with Gasteiger partial charge in [-0.05, 0) is 115 Å². The molecule has 4 saturated heterocycles. The van der Waals surface area contributed by atoms with Gasteiger partial charge in [0.05, 0.1) is 25.7 Å². The van der Waals surface area contributed by atoms with Crippen molar-refractivity contribution in [2.24, 2.45) is 51.8 Å². The van der Waals surface area contributed by atoms with Gasteiger partial charge in [0.2, 0.25) is 76.8 Å². The number of nitrogens with zero attached hydrogens (tertiary/aromatic N) is 4. The van der Waals surface area contributed by atoms with E-state index in [-0.39, 0.29) is 95.2 Å². The van der Waals surface area contributed by atoms with Crippen LogP contribution >= 0.6 is 21.6 Å². The summed E-state index contributed by atoms with van der Waals surface area (Å²) in [5.74, 6) is -17.8. The highest BCUT2D eigenvalue weighted by Gasteiger charge is 2.53. The number of amides is 13. The smallest absolute Gasteiger partial charge is 0.326 e. The number of carboxylic acid groups (broad SMARTS) is 2. The molecule has 1 saturated carbocycles. The fourth-order valence-corrected chi connectivity index (χ4v) is 16.9. The van der Waals surface area contributed by atoms with Crippen molar-refractivity contribution >= 4 is 116 Å². The zero-order chi connectivity index (χ0) is 80.8. The zero-order valence-electron chi connectivity index (χ0n) is 63.9. The maximum absolute atomic E-state index is 15.7. The van der Waals surface area contributed by atoms with Gasteiger partial charge in [-0.1, -0.05) is 109 Å². The van der Waals surface area contributed by atoms with Gasteiger partial charge in [-0.25, -0.2) is 4.79 Å². The summed E-state index contributed by atoms with van der Waals surface area (Å²) in [6.07, 6.45) is 3.32. The third-order valence-electron chi connectivity index (χ3n) is 21.0. The topological polar surface area (TPSA) is 557 Å². The van der Waals surface area contributed by atoms with Gasteiger partial charge in [0.25, 0.3) is 0 Å². The second-order valence-corrected chi connectivity index (χ2v) is 33.0. The average molecular weight is 1560 g/mol. The van der Waals surface area contributed by atoms with Gasteiger partial charge in [0, 0.05) is 36.2 Å². The number of aliphatic carboxylic acids is 2. The van der Waals surface area contributed by atoms with Crippen molar-refractivity contribution in [1.82, 2.24) is 67.9 Å². The molecule has 38 heteroatoms. The summed E-state index contributed by atoms with van der Waals surface area (Å²) in [6, 6.07) is -21.3. The third-order valence-corrected chi connectivity index (χ3v) is 24.3. The number of aliphatic imine (C=N–C) groups is 1. The van der Waals surface area contributed by atoms with Gasteiger partial charge in [0.15, 0.2) is 5.96 Å². The predicted molar refractivity (Wildman–Crippen MR) is 399 cm³/mol. The highest BCUT2D eigenvalue weighted by atomic mass is 33.1. The fourth-order valence-electron chi connectivity index (χ4n) is 14.1. The summed E-state index contributed by atoms with van der Waals surface area (Å²) in [6.45, 7) is 16.1. The molecule has 13 amide bonds. The normalized spacial score (nSPS) is 27.9. The number of carboxylic acids is 2. The van der Waals surface area contributed by atoms with Gasteiger partial charge in [-0.15, -0.1) is 0 Å². The molecule has 0 bridgehead atoms. The van der Waals surface area contributed by atoms with E-state index < -0.39 is 227 Å². The Kier molecular flexibility index (Phi) is 35.4. The highest BCUT2D eigenvalue weighted by molar-refractivity contribution is 8.77. The lowest BCUT2D eigenvalue weighted by Crippen LogP contribution is -2.64. The Morgan fingerprint density at radius 3 is 1.81 bits per heavy atom. The van der Waals surface area contributed by atoms with Crippen LogP contribution in [-0.2, 0) is 71.9 Å². The minimum absolute atomic E-state index is 0.000536. The molecule has 36 nitrogen and oxygen atoms in total. The first-order chi connectivity index (χ1) is 50.9. The summed E-state index contributed by atoms with van der Waals surface area (Å²) in [7, 11) is 1.76. The Hall–Kier alpha value is -8.10. The number of carbonyl (C=O) groups is 15. The quantitative estimate of drug-likeness (QED) is 0.0181. The number of rotatable bonds is 26. The lowest BCUT2D eigenvalue weighted by Gasteiger charge is -2.39.